The van der Waals surface area contributed by atoms with Crippen molar-refractivity contribution in [2.45, 2.75) is 0 Å². The van der Waals surface area contributed by atoms with Crippen LogP contribution >= 0.6 is 15.9 Å². The Bertz CT molecular complexity index is 967. The lowest BCUT2D eigenvalue weighted by atomic mass is 10.1. The number of carbonyl (C=O) groups excluding carboxylic acids is 2. The molecule has 3 rings (SSSR count). The summed E-state index contributed by atoms with van der Waals surface area (Å²) in [6, 6.07) is 14.0. The van der Waals surface area contributed by atoms with Crippen molar-refractivity contribution >= 4 is 39.5 Å². The monoisotopic (exact) mass is 427 g/mol. The Hall–Kier alpha value is -3.31. The van der Waals surface area contributed by atoms with E-state index >= 15 is 0 Å². The fourth-order valence-electron chi connectivity index (χ4n) is 2.58. The molecular weight excluding hydrogens is 414 g/mol. The van der Waals surface area contributed by atoms with Gasteiger partial charge in [-0.25, -0.2) is 5.01 Å². The van der Waals surface area contributed by atoms with Gasteiger partial charge in [0.2, 0.25) is 0 Å². The topological polar surface area (TPSA) is 91.7 Å². The highest BCUT2D eigenvalue weighted by Crippen LogP contribution is 2.36. The predicted molar refractivity (Wildman–Crippen MR) is 102 cm³/mol. The molecule has 0 bridgehead atoms. The summed E-state index contributed by atoms with van der Waals surface area (Å²) in [4.78, 5) is 25.1. The van der Waals surface area contributed by atoms with Crippen LogP contribution in [0.5, 0.6) is 11.5 Å². The summed E-state index contributed by atoms with van der Waals surface area (Å²) in [6.07, 6.45) is 1.42. The van der Waals surface area contributed by atoms with Crippen LogP contribution in [0.1, 0.15) is 5.56 Å². The maximum atomic E-state index is 12.7. The van der Waals surface area contributed by atoms with Gasteiger partial charge < -0.3 is 9.47 Å². The van der Waals surface area contributed by atoms with Crippen LogP contribution in [0.25, 0.3) is 6.08 Å². The maximum Gasteiger partial charge on any atom is 0.282 e. The second-order valence-electron chi connectivity index (χ2n) is 5.45. The molecule has 0 aromatic heterocycles. The molecule has 0 saturated carbocycles. The van der Waals surface area contributed by atoms with E-state index in [9.17, 15) is 9.59 Å². The molecule has 1 saturated heterocycles. The molecule has 1 aliphatic rings. The standard InChI is InChI=1S/C19H14BrN3O4/c1-26-16-11-13(20)9-12(17(16)27-8-7-21)10-15-18(24)22-23(19(15)25)14-5-3-2-4-6-14/h2-6,9-11H,8H2,1H3,(H,22,24)/b15-10-. The molecule has 0 atom stereocenters. The molecule has 0 radical (unpaired) electrons. The van der Waals surface area contributed by atoms with Gasteiger partial charge in [0.25, 0.3) is 11.8 Å². The number of amides is 2. The van der Waals surface area contributed by atoms with Gasteiger partial charge in [0, 0.05) is 10.0 Å². The van der Waals surface area contributed by atoms with Crippen LogP contribution < -0.4 is 19.9 Å². The third-order valence-electron chi connectivity index (χ3n) is 3.76. The smallest absolute Gasteiger partial charge is 0.282 e. The fraction of sp³-hybridized carbons (Fsp3) is 0.105. The number of hydrogen-bond donors (Lipinski definition) is 1. The van der Waals surface area contributed by atoms with Crippen molar-refractivity contribution in [3.8, 4) is 17.6 Å². The summed E-state index contributed by atoms with van der Waals surface area (Å²) in [6.45, 7) is -0.204. The highest BCUT2D eigenvalue weighted by Gasteiger charge is 2.34. The summed E-state index contributed by atoms with van der Waals surface area (Å²) >= 11 is 3.36. The van der Waals surface area contributed by atoms with E-state index in [0.717, 1.165) is 0 Å². The molecule has 136 valence electrons. The molecular formula is C19H14BrN3O4. The first-order valence-electron chi connectivity index (χ1n) is 7.84. The molecule has 2 aromatic carbocycles. The van der Waals surface area contributed by atoms with E-state index in [1.165, 1.54) is 18.2 Å². The van der Waals surface area contributed by atoms with Gasteiger partial charge in [-0.15, -0.1) is 0 Å². The van der Waals surface area contributed by atoms with Crippen LogP contribution in [0.15, 0.2) is 52.5 Å². The van der Waals surface area contributed by atoms with Crippen LogP contribution in [-0.4, -0.2) is 25.5 Å². The van der Waals surface area contributed by atoms with E-state index in [2.05, 4.69) is 21.4 Å². The Morgan fingerprint density at radius 1 is 1.26 bits per heavy atom. The van der Waals surface area contributed by atoms with Gasteiger partial charge >= 0.3 is 0 Å². The van der Waals surface area contributed by atoms with E-state index in [-0.39, 0.29) is 17.9 Å². The lowest BCUT2D eigenvalue weighted by molar-refractivity contribution is -0.117. The largest absolute Gasteiger partial charge is 0.493 e. The minimum absolute atomic E-state index is 0.0548. The second-order valence-corrected chi connectivity index (χ2v) is 6.36. The number of para-hydroxylation sites is 1. The molecule has 7 nitrogen and oxygen atoms in total. The molecule has 1 heterocycles. The van der Waals surface area contributed by atoms with Crippen molar-refractivity contribution in [1.82, 2.24) is 5.43 Å². The van der Waals surface area contributed by atoms with Crippen LogP contribution in [0.2, 0.25) is 0 Å². The number of carbonyl (C=O) groups is 2. The van der Waals surface area contributed by atoms with Crippen LogP contribution in [0, 0.1) is 11.3 Å². The zero-order chi connectivity index (χ0) is 19.4. The fourth-order valence-corrected chi connectivity index (χ4v) is 3.03. The molecule has 2 aromatic rings. The van der Waals surface area contributed by atoms with Crippen LogP contribution in [0.4, 0.5) is 5.69 Å². The number of halogens is 1. The number of methoxy groups -OCH3 is 1. The lowest BCUT2D eigenvalue weighted by Gasteiger charge is -2.14. The number of hydrogen-bond acceptors (Lipinski definition) is 5. The number of ether oxygens (including phenoxy) is 2. The first kappa shape index (κ1) is 18.5. The normalized spacial score (nSPS) is 14.9. The molecule has 8 heteroatoms. The summed E-state index contributed by atoms with van der Waals surface area (Å²) < 4.78 is 11.4. The number of hydrazine groups is 1. The highest BCUT2D eigenvalue weighted by molar-refractivity contribution is 9.10. The van der Waals surface area contributed by atoms with Crippen molar-refractivity contribution in [3.63, 3.8) is 0 Å². The number of nitrogens with zero attached hydrogens (tertiary/aromatic N) is 2. The van der Waals surface area contributed by atoms with Crippen molar-refractivity contribution in [2.75, 3.05) is 18.7 Å². The molecule has 1 fully saturated rings. The zero-order valence-electron chi connectivity index (χ0n) is 14.2. The molecule has 0 spiro atoms. The van der Waals surface area contributed by atoms with Crippen molar-refractivity contribution < 1.29 is 19.1 Å². The van der Waals surface area contributed by atoms with Gasteiger partial charge in [0.05, 0.1) is 12.8 Å². The average molecular weight is 428 g/mol. The van der Waals surface area contributed by atoms with Crippen LogP contribution in [-0.2, 0) is 9.59 Å². The van der Waals surface area contributed by atoms with E-state index in [4.69, 9.17) is 14.7 Å². The molecule has 1 N–H and O–H groups in total. The van der Waals surface area contributed by atoms with Crippen molar-refractivity contribution in [1.29, 1.82) is 5.26 Å². The number of anilines is 1. The molecule has 0 aliphatic carbocycles. The Kier molecular flexibility index (Phi) is 5.43. The van der Waals surface area contributed by atoms with Gasteiger partial charge in [-0.2, -0.15) is 5.26 Å². The third kappa shape index (κ3) is 3.78. The summed E-state index contributed by atoms with van der Waals surface area (Å²) in [5.41, 5.74) is 3.47. The van der Waals surface area contributed by atoms with Gasteiger partial charge in [0.15, 0.2) is 18.1 Å². The van der Waals surface area contributed by atoms with Crippen LogP contribution in [0.3, 0.4) is 0 Å². The first-order chi connectivity index (χ1) is 13.0. The van der Waals surface area contributed by atoms with Gasteiger partial charge in [-0.05, 0) is 30.3 Å². The van der Waals surface area contributed by atoms with E-state index in [1.54, 1.807) is 36.4 Å². The van der Waals surface area contributed by atoms with Gasteiger partial charge in [0.1, 0.15) is 11.6 Å². The van der Waals surface area contributed by atoms with Crippen molar-refractivity contribution in [2.24, 2.45) is 0 Å². The molecule has 27 heavy (non-hydrogen) atoms. The number of benzene rings is 2. The van der Waals surface area contributed by atoms with E-state index in [1.807, 2.05) is 12.1 Å². The first-order valence-corrected chi connectivity index (χ1v) is 8.64. The Balaban J connectivity index is 2.03. The lowest BCUT2D eigenvalue weighted by Crippen LogP contribution is -2.35. The summed E-state index contributed by atoms with van der Waals surface area (Å²) in [5.74, 6) is -0.379. The predicted octanol–water partition coefficient (Wildman–Crippen LogP) is 2.82. The second kappa shape index (κ2) is 7.93. The molecule has 1 aliphatic heterocycles. The minimum Gasteiger partial charge on any atom is -0.493 e. The minimum atomic E-state index is -0.533. The Morgan fingerprint density at radius 3 is 2.67 bits per heavy atom. The number of rotatable bonds is 5. The zero-order valence-corrected chi connectivity index (χ0v) is 15.8. The third-order valence-corrected chi connectivity index (χ3v) is 4.21. The van der Waals surface area contributed by atoms with Gasteiger partial charge in [-0.1, -0.05) is 34.1 Å². The molecule has 0 unspecified atom stereocenters. The molecule has 2 amide bonds. The SMILES string of the molecule is COc1cc(Br)cc(/C=C2/C(=O)NN(c3ccccc3)C2=O)c1OCC#N. The van der Waals surface area contributed by atoms with Crippen molar-refractivity contribution in [3.05, 3.63) is 58.1 Å². The number of nitrogens with one attached hydrogen (secondary N) is 1. The quantitative estimate of drug-likeness (QED) is 0.584. The maximum absolute atomic E-state index is 12.7. The summed E-state index contributed by atoms with van der Waals surface area (Å²) in [7, 11) is 1.46. The van der Waals surface area contributed by atoms with E-state index in [0.29, 0.717) is 21.5 Å². The highest BCUT2D eigenvalue weighted by atomic mass is 79.9. The van der Waals surface area contributed by atoms with E-state index < -0.39 is 11.8 Å². The number of nitriles is 1. The average Bonchev–Trinajstić information content (AvgIpc) is 2.95. The Labute approximate surface area is 163 Å². The summed E-state index contributed by atoms with van der Waals surface area (Å²) in [5, 5.41) is 9.98. The Morgan fingerprint density at radius 2 is 2.00 bits per heavy atom. The van der Waals surface area contributed by atoms with Gasteiger partial charge in [-0.3, -0.25) is 15.0 Å².